The Balaban J connectivity index is 2.69. The summed E-state index contributed by atoms with van der Waals surface area (Å²) in [4.78, 5) is 0. The highest BCUT2D eigenvalue weighted by Gasteiger charge is 2.16. The van der Waals surface area contributed by atoms with Gasteiger partial charge in [-0.1, -0.05) is 13.8 Å². The summed E-state index contributed by atoms with van der Waals surface area (Å²) < 4.78 is 24.1. The maximum Gasteiger partial charge on any atom is 0.130 e. The second-order valence-electron chi connectivity index (χ2n) is 5.18. The highest BCUT2D eigenvalue weighted by molar-refractivity contribution is 5.81. The Morgan fingerprint density at radius 1 is 0.952 bits per heavy atom. The molecule has 3 nitrogen and oxygen atoms in total. The van der Waals surface area contributed by atoms with Crippen molar-refractivity contribution in [2.24, 2.45) is 0 Å². The van der Waals surface area contributed by atoms with Crippen molar-refractivity contribution in [3.63, 3.8) is 0 Å². The Bertz CT molecular complexity index is 653. The standard InChI is InChI=1S/C17H20FNO2/c1-10(2)13-8-14(17(21-4)9-16(13)20-3)12-6-5-11(18)7-15(12)19/h5-10H,19H2,1-4H3. The van der Waals surface area contributed by atoms with E-state index in [9.17, 15) is 4.39 Å². The molecule has 0 unspecified atom stereocenters. The molecule has 0 aromatic heterocycles. The number of hydrogen-bond donors (Lipinski definition) is 1. The lowest BCUT2D eigenvalue weighted by Crippen LogP contribution is -1.99. The fraction of sp³-hybridized carbons (Fsp3) is 0.294. The topological polar surface area (TPSA) is 44.5 Å². The van der Waals surface area contributed by atoms with Gasteiger partial charge in [-0.3, -0.25) is 0 Å². The molecule has 21 heavy (non-hydrogen) atoms. The van der Waals surface area contributed by atoms with Gasteiger partial charge >= 0.3 is 0 Å². The zero-order valence-corrected chi connectivity index (χ0v) is 12.7. The van der Waals surface area contributed by atoms with Gasteiger partial charge in [0.15, 0.2) is 0 Å². The van der Waals surface area contributed by atoms with Gasteiger partial charge in [0.1, 0.15) is 17.3 Å². The number of benzene rings is 2. The molecule has 0 bridgehead atoms. The van der Waals surface area contributed by atoms with Crippen molar-refractivity contribution in [2.75, 3.05) is 20.0 Å². The van der Waals surface area contributed by atoms with Crippen LogP contribution in [0.25, 0.3) is 11.1 Å². The molecule has 0 heterocycles. The molecule has 2 N–H and O–H groups in total. The number of nitrogens with two attached hydrogens (primary N) is 1. The maximum atomic E-state index is 13.2. The van der Waals surface area contributed by atoms with Crippen molar-refractivity contribution in [1.29, 1.82) is 0 Å². The minimum atomic E-state index is -0.354. The average Bonchev–Trinajstić information content (AvgIpc) is 2.46. The van der Waals surface area contributed by atoms with Crippen molar-refractivity contribution >= 4 is 5.69 Å². The third-order valence-electron chi connectivity index (χ3n) is 3.48. The minimum absolute atomic E-state index is 0.284. The van der Waals surface area contributed by atoms with Crippen LogP contribution < -0.4 is 15.2 Å². The summed E-state index contributed by atoms with van der Waals surface area (Å²) in [6.45, 7) is 4.17. The number of halogens is 1. The van der Waals surface area contributed by atoms with Gasteiger partial charge in [0.05, 0.1) is 14.2 Å². The Hall–Kier alpha value is -2.23. The molecule has 0 spiro atoms. The maximum absolute atomic E-state index is 13.2. The molecule has 2 aromatic rings. The first kappa shape index (κ1) is 15.2. The molecule has 0 aliphatic heterocycles. The van der Waals surface area contributed by atoms with Crippen molar-refractivity contribution in [3.05, 3.63) is 41.7 Å². The van der Waals surface area contributed by atoms with Crippen molar-refractivity contribution < 1.29 is 13.9 Å². The quantitative estimate of drug-likeness (QED) is 0.857. The van der Waals surface area contributed by atoms with Crippen LogP contribution in [0.2, 0.25) is 0 Å². The van der Waals surface area contributed by atoms with E-state index in [-0.39, 0.29) is 11.7 Å². The molecular formula is C17H20FNO2. The molecule has 0 saturated heterocycles. The fourth-order valence-corrected chi connectivity index (χ4v) is 2.36. The summed E-state index contributed by atoms with van der Waals surface area (Å²) in [7, 11) is 3.22. The summed E-state index contributed by atoms with van der Waals surface area (Å²) in [5.41, 5.74) is 8.96. The first-order valence-corrected chi connectivity index (χ1v) is 6.79. The zero-order valence-electron chi connectivity index (χ0n) is 12.7. The van der Waals surface area contributed by atoms with Crippen LogP contribution in [-0.4, -0.2) is 14.2 Å². The van der Waals surface area contributed by atoms with Gasteiger partial charge < -0.3 is 15.2 Å². The molecule has 0 aliphatic rings. The lowest BCUT2D eigenvalue weighted by atomic mass is 9.94. The van der Waals surface area contributed by atoms with Crippen LogP contribution in [0.1, 0.15) is 25.3 Å². The smallest absolute Gasteiger partial charge is 0.130 e. The van der Waals surface area contributed by atoms with Gasteiger partial charge in [0.25, 0.3) is 0 Å². The van der Waals surface area contributed by atoms with Crippen LogP contribution in [0.3, 0.4) is 0 Å². The monoisotopic (exact) mass is 289 g/mol. The first-order chi connectivity index (χ1) is 9.97. The van der Waals surface area contributed by atoms with Gasteiger partial charge in [-0.2, -0.15) is 0 Å². The molecule has 2 rings (SSSR count). The highest BCUT2D eigenvalue weighted by Crippen LogP contribution is 2.40. The molecule has 0 saturated carbocycles. The van der Waals surface area contributed by atoms with Crippen molar-refractivity contribution in [2.45, 2.75) is 19.8 Å². The van der Waals surface area contributed by atoms with E-state index in [1.54, 1.807) is 20.3 Å². The predicted octanol–water partition coefficient (Wildman–Crippen LogP) is 4.22. The third kappa shape index (κ3) is 2.94. The number of hydrogen-bond acceptors (Lipinski definition) is 3. The summed E-state index contributed by atoms with van der Waals surface area (Å²) in [5.74, 6) is 1.35. The Morgan fingerprint density at radius 2 is 1.62 bits per heavy atom. The number of nitrogen functional groups attached to an aromatic ring is 1. The lowest BCUT2D eigenvalue weighted by molar-refractivity contribution is 0.390. The molecule has 0 radical (unpaired) electrons. The molecule has 0 fully saturated rings. The van der Waals surface area contributed by atoms with E-state index in [0.717, 1.165) is 22.4 Å². The van der Waals surface area contributed by atoms with E-state index < -0.39 is 0 Å². The summed E-state index contributed by atoms with van der Waals surface area (Å²) >= 11 is 0. The number of rotatable bonds is 4. The Morgan fingerprint density at radius 3 is 2.14 bits per heavy atom. The largest absolute Gasteiger partial charge is 0.496 e. The predicted molar refractivity (Wildman–Crippen MR) is 83.4 cm³/mol. The van der Waals surface area contributed by atoms with Crippen LogP contribution in [0.4, 0.5) is 10.1 Å². The molecule has 112 valence electrons. The van der Waals surface area contributed by atoms with Crippen LogP contribution in [0.15, 0.2) is 30.3 Å². The van der Waals surface area contributed by atoms with E-state index in [0.29, 0.717) is 11.4 Å². The van der Waals surface area contributed by atoms with E-state index in [1.807, 2.05) is 12.1 Å². The van der Waals surface area contributed by atoms with Gasteiger partial charge in [-0.15, -0.1) is 0 Å². The number of methoxy groups -OCH3 is 2. The van der Waals surface area contributed by atoms with Crippen LogP contribution in [0.5, 0.6) is 11.5 Å². The number of anilines is 1. The normalized spacial score (nSPS) is 10.8. The first-order valence-electron chi connectivity index (χ1n) is 6.79. The molecule has 2 aromatic carbocycles. The second kappa shape index (κ2) is 6.04. The Kier molecular flexibility index (Phi) is 4.36. The van der Waals surface area contributed by atoms with E-state index >= 15 is 0 Å². The molecule has 4 heteroatoms. The van der Waals surface area contributed by atoms with Gasteiger partial charge in [-0.25, -0.2) is 4.39 Å². The SMILES string of the molecule is COc1cc(OC)c(C(C)C)cc1-c1ccc(F)cc1N. The summed E-state index contributed by atoms with van der Waals surface area (Å²) in [6, 6.07) is 8.21. The third-order valence-corrected chi connectivity index (χ3v) is 3.48. The zero-order chi connectivity index (χ0) is 15.6. The average molecular weight is 289 g/mol. The molecule has 0 amide bonds. The summed E-state index contributed by atoms with van der Waals surface area (Å²) in [6.07, 6.45) is 0. The van der Waals surface area contributed by atoms with E-state index in [1.165, 1.54) is 12.1 Å². The minimum Gasteiger partial charge on any atom is -0.496 e. The van der Waals surface area contributed by atoms with Gasteiger partial charge in [0.2, 0.25) is 0 Å². The second-order valence-corrected chi connectivity index (χ2v) is 5.18. The van der Waals surface area contributed by atoms with Crippen LogP contribution in [-0.2, 0) is 0 Å². The van der Waals surface area contributed by atoms with E-state index in [2.05, 4.69) is 13.8 Å². The van der Waals surface area contributed by atoms with E-state index in [4.69, 9.17) is 15.2 Å². The number of ether oxygens (including phenoxy) is 2. The Labute approximate surface area is 124 Å². The highest BCUT2D eigenvalue weighted by atomic mass is 19.1. The van der Waals surface area contributed by atoms with Gasteiger partial charge in [0, 0.05) is 22.9 Å². The molecular weight excluding hydrogens is 269 g/mol. The fourth-order valence-electron chi connectivity index (χ4n) is 2.36. The van der Waals surface area contributed by atoms with Gasteiger partial charge in [-0.05, 0) is 35.7 Å². The lowest BCUT2D eigenvalue weighted by Gasteiger charge is -2.18. The van der Waals surface area contributed by atoms with Crippen LogP contribution >= 0.6 is 0 Å². The molecule has 0 aliphatic carbocycles. The van der Waals surface area contributed by atoms with Crippen molar-refractivity contribution in [1.82, 2.24) is 0 Å². The van der Waals surface area contributed by atoms with Crippen molar-refractivity contribution in [3.8, 4) is 22.6 Å². The van der Waals surface area contributed by atoms with Crippen LogP contribution in [0, 0.1) is 5.82 Å². The summed E-state index contributed by atoms with van der Waals surface area (Å²) in [5, 5.41) is 0. The molecule has 0 atom stereocenters.